The summed E-state index contributed by atoms with van der Waals surface area (Å²) in [4.78, 5) is 23.1. The third kappa shape index (κ3) is 3.46. The number of carbonyl (C=O) groups excluding carboxylic acids is 1. The van der Waals surface area contributed by atoms with Crippen molar-refractivity contribution in [3.8, 4) is 6.07 Å². The fourth-order valence-corrected chi connectivity index (χ4v) is 3.97. The number of hydrogen-bond donors (Lipinski definition) is 1. The molecule has 0 bridgehead atoms. The molecule has 25 heavy (non-hydrogen) atoms. The normalized spacial score (nSPS) is 25.1. The fraction of sp³-hybridized carbons (Fsp3) is 0.611. The minimum absolute atomic E-state index is 0.000168. The monoisotopic (exact) mass is 343 g/mol. The van der Waals surface area contributed by atoms with Gasteiger partial charge in [0, 0.05) is 50.9 Å². The number of amides is 1. The van der Waals surface area contributed by atoms with Gasteiger partial charge in [0.1, 0.15) is 11.9 Å². The van der Waals surface area contributed by atoms with Crippen molar-refractivity contribution in [3.63, 3.8) is 0 Å². The summed E-state index contributed by atoms with van der Waals surface area (Å²) in [6.07, 6.45) is 3.86. The third-order valence-electron chi connectivity index (χ3n) is 5.58. The van der Waals surface area contributed by atoms with Gasteiger partial charge >= 0.3 is 0 Å². The quantitative estimate of drug-likeness (QED) is 0.858. The van der Waals surface area contributed by atoms with E-state index in [0.717, 1.165) is 38.3 Å². The lowest BCUT2D eigenvalue weighted by Crippen LogP contribution is -2.61. The molecule has 2 saturated heterocycles. The molecule has 7 nitrogen and oxygen atoms in total. The molecule has 2 fully saturated rings. The Morgan fingerprint density at radius 1 is 1.36 bits per heavy atom. The van der Waals surface area contributed by atoms with Crippen LogP contribution in [0.25, 0.3) is 0 Å². The maximum Gasteiger partial charge on any atom is 0.222 e. The molecule has 2 aliphatic rings. The number of pyridine rings is 1. The summed E-state index contributed by atoms with van der Waals surface area (Å²) in [6, 6.07) is 5.81. The Hall–Kier alpha value is -2.17. The Bertz CT molecular complexity index is 674. The molecule has 0 aliphatic carbocycles. The van der Waals surface area contributed by atoms with Gasteiger partial charge in [-0.05, 0) is 32.0 Å². The van der Waals surface area contributed by atoms with Crippen LogP contribution in [0, 0.1) is 11.3 Å². The van der Waals surface area contributed by atoms with Crippen molar-refractivity contribution in [1.82, 2.24) is 14.8 Å². The van der Waals surface area contributed by atoms with E-state index in [1.807, 2.05) is 0 Å². The highest BCUT2D eigenvalue weighted by Gasteiger charge is 2.42. The first-order valence-corrected chi connectivity index (χ1v) is 8.79. The zero-order valence-electron chi connectivity index (χ0n) is 14.7. The highest BCUT2D eigenvalue weighted by Crippen LogP contribution is 2.34. The number of anilines is 1. The van der Waals surface area contributed by atoms with Crippen molar-refractivity contribution in [3.05, 3.63) is 23.9 Å². The largest absolute Gasteiger partial charge is 0.395 e. The SMILES string of the molecule is CN1CCN(c2ncccc2C#N)C[C@]12CCC(=O)N(CCO)CC2. The zero-order valence-corrected chi connectivity index (χ0v) is 14.7. The average molecular weight is 343 g/mol. The van der Waals surface area contributed by atoms with Gasteiger partial charge in [-0.1, -0.05) is 0 Å². The first-order chi connectivity index (χ1) is 12.1. The van der Waals surface area contributed by atoms with Gasteiger partial charge < -0.3 is 14.9 Å². The van der Waals surface area contributed by atoms with E-state index in [9.17, 15) is 15.2 Å². The number of nitrogens with zero attached hydrogens (tertiary/aromatic N) is 5. The molecule has 1 aromatic heterocycles. The lowest BCUT2D eigenvalue weighted by Gasteiger charge is -2.49. The average Bonchev–Trinajstić information content (AvgIpc) is 2.79. The summed E-state index contributed by atoms with van der Waals surface area (Å²) in [5.74, 6) is 0.854. The Morgan fingerprint density at radius 3 is 2.96 bits per heavy atom. The van der Waals surface area contributed by atoms with Crippen LogP contribution >= 0.6 is 0 Å². The van der Waals surface area contributed by atoms with E-state index < -0.39 is 0 Å². The standard InChI is InChI=1S/C18H25N5O2/c1-21-9-10-23(17-15(13-19)3-2-7-20-17)14-18(21)5-4-16(25)22(8-6-18)11-12-24/h2-3,7,24H,4-6,8-12,14H2,1H3/t18-/m1/s1. The number of likely N-dealkylation sites (N-methyl/N-ethyl adjacent to an activating group) is 1. The highest BCUT2D eigenvalue weighted by atomic mass is 16.3. The molecular weight excluding hydrogens is 318 g/mol. The van der Waals surface area contributed by atoms with E-state index in [2.05, 4.69) is 27.9 Å². The summed E-state index contributed by atoms with van der Waals surface area (Å²) in [6.45, 7) is 3.51. The van der Waals surface area contributed by atoms with Crippen molar-refractivity contribution in [2.24, 2.45) is 0 Å². The predicted octanol–water partition coefficient (Wildman–Crippen LogP) is 0.449. The van der Waals surface area contributed by atoms with Gasteiger partial charge in [0.15, 0.2) is 0 Å². The molecule has 3 heterocycles. The van der Waals surface area contributed by atoms with Gasteiger partial charge in [-0.15, -0.1) is 0 Å². The molecule has 1 N–H and O–H groups in total. The summed E-state index contributed by atoms with van der Waals surface area (Å²) in [5, 5.41) is 18.6. The van der Waals surface area contributed by atoms with E-state index in [4.69, 9.17) is 0 Å². The van der Waals surface area contributed by atoms with Gasteiger partial charge in [-0.25, -0.2) is 4.98 Å². The minimum atomic E-state index is -0.109. The molecule has 1 spiro atoms. The molecule has 0 radical (unpaired) electrons. The molecule has 1 amide bonds. The molecule has 0 unspecified atom stereocenters. The van der Waals surface area contributed by atoms with Crippen LogP contribution in [-0.2, 0) is 4.79 Å². The van der Waals surface area contributed by atoms with Gasteiger partial charge in [-0.2, -0.15) is 5.26 Å². The molecular formula is C18H25N5O2. The number of hydrogen-bond acceptors (Lipinski definition) is 6. The van der Waals surface area contributed by atoms with Crippen LogP contribution in [0.1, 0.15) is 24.8 Å². The summed E-state index contributed by atoms with van der Waals surface area (Å²) in [5.41, 5.74) is 0.483. The molecule has 3 rings (SSSR count). The first kappa shape index (κ1) is 17.6. The number of aromatic nitrogens is 1. The number of piperazine rings is 1. The molecule has 7 heteroatoms. The Labute approximate surface area is 148 Å². The van der Waals surface area contributed by atoms with Gasteiger partial charge in [0.05, 0.1) is 12.2 Å². The summed E-state index contributed by atoms with van der Waals surface area (Å²) < 4.78 is 0. The molecule has 0 aromatic carbocycles. The van der Waals surface area contributed by atoms with Gasteiger partial charge in [0.25, 0.3) is 0 Å². The maximum atomic E-state index is 12.3. The maximum absolute atomic E-state index is 12.3. The second-order valence-corrected chi connectivity index (χ2v) is 6.91. The number of aliphatic hydroxyl groups is 1. The first-order valence-electron chi connectivity index (χ1n) is 8.79. The van der Waals surface area contributed by atoms with Crippen LogP contribution in [0.5, 0.6) is 0 Å². The number of β-amino-alcohol motifs (C(OH)–C–C–N with tert-alkyl or cyclic N) is 1. The van der Waals surface area contributed by atoms with Crippen LogP contribution in [-0.4, -0.2) is 77.7 Å². The van der Waals surface area contributed by atoms with Crippen LogP contribution in [0.3, 0.4) is 0 Å². The Balaban J connectivity index is 1.83. The second kappa shape index (κ2) is 7.38. The molecule has 1 atom stereocenters. The minimum Gasteiger partial charge on any atom is -0.395 e. The second-order valence-electron chi connectivity index (χ2n) is 6.91. The Kier molecular flexibility index (Phi) is 5.21. The number of likely N-dealkylation sites (tertiary alicyclic amines) is 1. The molecule has 134 valence electrons. The van der Waals surface area contributed by atoms with Gasteiger partial charge in [-0.3, -0.25) is 9.69 Å². The smallest absolute Gasteiger partial charge is 0.222 e. The third-order valence-corrected chi connectivity index (χ3v) is 5.58. The summed E-state index contributed by atoms with van der Waals surface area (Å²) >= 11 is 0. The van der Waals surface area contributed by atoms with E-state index in [0.29, 0.717) is 25.1 Å². The number of rotatable bonds is 3. The van der Waals surface area contributed by atoms with Crippen LogP contribution in [0.4, 0.5) is 5.82 Å². The van der Waals surface area contributed by atoms with Crippen LogP contribution < -0.4 is 4.90 Å². The molecule has 2 aliphatic heterocycles. The number of carbonyl (C=O) groups is 1. The lowest BCUT2D eigenvalue weighted by atomic mass is 9.86. The van der Waals surface area contributed by atoms with E-state index >= 15 is 0 Å². The van der Waals surface area contributed by atoms with Crippen molar-refractivity contribution in [2.45, 2.75) is 24.8 Å². The topological polar surface area (TPSA) is 83.7 Å². The van der Waals surface area contributed by atoms with E-state index in [1.54, 1.807) is 23.2 Å². The predicted molar refractivity (Wildman–Crippen MR) is 94.0 cm³/mol. The zero-order chi connectivity index (χ0) is 17.9. The lowest BCUT2D eigenvalue weighted by molar-refractivity contribution is -0.131. The fourth-order valence-electron chi connectivity index (χ4n) is 3.97. The highest BCUT2D eigenvalue weighted by molar-refractivity contribution is 5.76. The van der Waals surface area contributed by atoms with E-state index in [-0.39, 0.29) is 18.1 Å². The van der Waals surface area contributed by atoms with Gasteiger partial charge in [0.2, 0.25) is 5.91 Å². The van der Waals surface area contributed by atoms with Crippen molar-refractivity contribution in [2.75, 3.05) is 51.3 Å². The molecule has 0 saturated carbocycles. The van der Waals surface area contributed by atoms with Crippen LogP contribution in [0.15, 0.2) is 18.3 Å². The van der Waals surface area contributed by atoms with Crippen molar-refractivity contribution < 1.29 is 9.90 Å². The van der Waals surface area contributed by atoms with E-state index in [1.165, 1.54) is 0 Å². The van der Waals surface area contributed by atoms with Crippen LogP contribution in [0.2, 0.25) is 0 Å². The Morgan fingerprint density at radius 2 is 2.20 bits per heavy atom. The summed E-state index contributed by atoms with van der Waals surface area (Å²) in [7, 11) is 2.12. The van der Waals surface area contributed by atoms with Crippen molar-refractivity contribution in [1.29, 1.82) is 5.26 Å². The molecule has 1 aromatic rings. The number of nitriles is 1. The number of aliphatic hydroxyl groups excluding tert-OH is 1. The van der Waals surface area contributed by atoms with Crippen molar-refractivity contribution >= 4 is 11.7 Å².